The molecule has 0 aliphatic heterocycles. The van der Waals surface area contributed by atoms with Crippen molar-refractivity contribution < 1.29 is 19.8 Å². The van der Waals surface area contributed by atoms with Gasteiger partial charge in [-0.05, 0) is 50.7 Å². The van der Waals surface area contributed by atoms with Crippen LogP contribution in [0.15, 0.2) is 30.5 Å². The minimum absolute atomic E-state index is 0.757. The van der Waals surface area contributed by atoms with E-state index in [0.29, 0.717) is 0 Å². The van der Waals surface area contributed by atoms with E-state index in [1.807, 2.05) is 30.5 Å². The molecule has 0 bridgehead atoms. The third-order valence-electron chi connectivity index (χ3n) is 4.46. The molecule has 160 valence electrons. The number of nitrogens with zero attached hydrogens (tertiary/aromatic N) is 2. The molecule has 29 heavy (non-hydrogen) atoms. The number of fused-ring (bicyclic) bond motifs is 1. The molecule has 0 atom stereocenters. The summed E-state index contributed by atoms with van der Waals surface area (Å²) in [4.78, 5) is 25.1. The van der Waals surface area contributed by atoms with Gasteiger partial charge in [-0.2, -0.15) is 0 Å². The first-order chi connectivity index (χ1) is 13.9. The number of hydrogen-bond donors (Lipinski definition) is 3. The second-order valence-electron chi connectivity index (χ2n) is 6.51. The van der Waals surface area contributed by atoms with E-state index < -0.39 is 11.9 Å². The Morgan fingerprint density at radius 1 is 1.07 bits per heavy atom. The van der Waals surface area contributed by atoms with Gasteiger partial charge >= 0.3 is 11.9 Å². The number of nitrogens with one attached hydrogen (secondary N) is 1. The lowest BCUT2D eigenvalue weighted by molar-refractivity contribution is -0.159. The first-order valence-electron chi connectivity index (χ1n) is 9.85. The molecule has 0 saturated carbocycles. The van der Waals surface area contributed by atoms with Gasteiger partial charge in [-0.3, -0.25) is 4.98 Å². The SMILES string of the molecule is CCN(CC)CCCCCCNc1cc(Cl)cc2cccnc12.O=C(O)C(=O)O. The predicted molar refractivity (Wildman–Crippen MR) is 117 cm³/mol. The van der Waals surface area contributed by atoms with E-state index in [0.717, 1.165) is 41.2 Å². The quantitative estimate of drug-likeness (QED) is 0.385. The minimum atomic E-state index is -1.82. The molecular weight excluding hydrogens is 394 g/mol. The second kappa shape index (κ2) is 13.7. The van der Waals surface area contributed by atoms with Crippen molar-refractivity contribution in [1.29, 1.82) is 0 Å². The molecule has 1 heterocycles. The summed E-state index contributed by atoms with van der Waals surface area (Å²) < 4.78 is 0. The van der Waals surface area contributed by atoms with E-state index in [1.165, 1.54) is 32.2 Å². The summed E-state index contributed by atoms with van der Waals surface area (Å²) in [5.74, 6) is -3.65. The van der Waals surface area contributed by atoms with E-state index in [9.17, 15) is 0 Å². The van der Waals surface area contributed by atoms with Crippen LogP contribution < -0.4 is 5.32 Å². The van der Waals surface area contributed by atoms with Gasteiger partial charge in [-0.15, -0.1) is 0 Å². The molecule has 0 radical (unpaired) electrons. The first-order valence-corrected chi connectivity index (χ1v) is 10.2. The van der Waals surface area contributed by atoms with Crippen LogP contribution in [0.25, 0.3) is 10.9 Å². The van der Waals surface area contributed by atoms with Crippen LogP contribution in [-0.2, 0) is 9.59 Å². The summed E-state index contributed by atoms with van der Waals surface area (Å²) >= 11 is 6.19. The summed E-state index contributed by atoms with van der Waals surface area (Å²) in [7, 11) is 0. The molecule has 1 aromatic carbocycles. The standard InChI is InChI=1S/C19H28ClN3.C2H2O4/c1-3-23(4-2)13-8-6-5-7-11-21-18-15-17(20)14-16-10-9-12-22-19(16)18;3-1(4)2(5)6/h9-10,12,14-15,21H,3-8,11,13H2,1-2H3;(H,3,4)(H,5,6). The summed E-state index contributed by atoms with van der Waals surface area (Å²) in [5.41, 5.74) is 2.04. The molecule has 1 aromatic heterocycles. The zero-order valence-electron chi connectivity index (χ0n) is 17.0. The highest BCUT2D eigenvalue weighted by Gasteiger charge is 2.05. The molecule has 0 spiro atoms. The van der Waals surface area contributed by atoms with E-state index in [2.05, 4.69) is 29.0 Å². The van der Waals surface area contributed by atoms with Gasteiger partial charge in [0.15, 0.2) is 0 Å². The van der Waals surface area contributed by atoms with Crippen molar-refractivity contribution in [3.63, 3.8) is 0 Å². The zero-order valence-corrected chi connectivity index (χ0v) is 17.8. The fourth-order valence-corrected chi connectivity index (χ4v) is 3.09. The number of unbranched alkanes of at least 4 members (excludes halogenated alkanes) is 3. The van der Waals surface area contributed by atoms with Crippen molar-refractivity contribution >= 4 is 40.1 Å². The van der Waals surface area contributed by atoms with E-state index in [-0.39, 0.29) is 0 Å². The average molecular weight is 424 g/mol. The number of carboxylic acid groups (broad SMARTS) is 2. The number of aliphatic carboxylic acids is 2. The number of rotatable bonds is 10. The fourth-order valence-electron chi connectivity index (χ4n) is 2.87. The van der Waals surface area contributed by atoms with Crippen molar-refractivity contribution in [2.24, 2.45) is 0 Å². The fraction of sp³-hybridized carbons (Fsp3) is 0.476. The lowest BCUT2D eigenvalue weighted by Gasteiger charge is -2.17. The monoisotopic (exact) mass is 423 g/mol. The summed E-state index contributed by atoms with van der Waals surface area (Å²) in [6, 6.07) is 7.92. The van der Waals surface area contributed by atoms with E-state index >= 15 is 0 Å². The highest BCUT2D eigenvalue weighted by atomic mass is 35.5. The minimum Gasteiger partial charge on any atom is -0.473 e. The van der Waals surface area contributed by atoms with E-state index in [4.69, 9.17) is 31.4 Å². The van der Waals surface area contributed by atoms with Crippen molar-refractivity contribution in [1.82, 2.24) is 9.88 Å². The Morgan fingerprint density at radius 2 is 1.72 bits per heavy atom. The maximum Gasteiger partial charge on any atom is 0.414 e. The van der Waals surface area contributed by atoms with Crippen LogP contribution in [-0.4, -0.2) is 58.2 Å². The molecule has 0 amide bonds. The number of benzene rings is 1. The summed E-state index contributed by atoms with van der Waals surface area (Å²) in [6.07, 6.45) is 6.87. The molecule has 2 rings (SSSR count). The van der Waals surface area contributed by atoms with Gasteiger partial charge < -0.3 is 20.4 Å². The van der Waals surface area contributed by atoms with Gasteiger partial charge in [0, 0.05) is 23.2 Å². The summed E-state index contributed by atoms with van der Waals surface area (Å²) in [6.45, 7) is 8.98. The predicted octanol–water partition coefficient (Wildman–Crippen LogP) is 4.36. The molecule has 3 N–H and O–H groups in total. The van der Waals surface area contributed by atoms with Gasteiger partial charge in [0.25, 0.3) is 0 Å². The zero-order chi connectivity index (χ0) is 21.6. The van der Waals surface area contributed by atoms with Crippen LogP contribution >= 0.6 is 11.6 Å². The molecule has 0 saturated heterocycles. The number of pyridine rings is 1. The van der Waals surface area contributed by atoms with Crippen molar-refractivity contribution in [3.8, 4) is 0 Å². The first kappa shape index (κ1) is 24.7. The Kier molecular flexibility index (Phi) is 11.7. The Morgan fingerprint density at radius 3 is 2.34 bits per heavy atom. The molecule has 0 aliphatic rings. The van der Waals surface area contributed by atoms with Gasteiger partial charge in [-0.25, -0.2) is 9.59 Å². The number of halogens is 1. The van der Waals surface area contributed by atoms with Crippen LogP contribution in [0.2, 0.25) is 5.02 Å². The lowest BCUT2D eigenvalue weighted by atomic mass is 10.1. The molecule has 0 aliphatic carbocycles. The number of carboxylic acids is 2. The number of anilines is 1. The highest BCUT2D eigenvalue weighted by Crippen LogP contribution is 2.26. The molecule has 7 nitrogen and oxygen atoms in total. The third kappa shape index (κ3) is 9.58. The van der Waals surface area contributed by atoms with Crippen molar-refractivity contribution in [2.45, 2.75) is 39.5 Å². The third-order valence-corrected chi connectivity index (χ3v) is 4.68. The Balaban J connectivity index is 0.000000612. The molecule has 0 fully saturated rings. The van der Waals surface area contributed by atoms with Crippen LogP contribution in [0, 0.1) is 0 Å². The van der Waals surface area contributed by atoms with Crippen molar-refractivity contribution in [2.75, 3.05) is 31.5 Å². The number of hydrogen-bond acceptors (Lipinski definition) is 5. The van der Waals surface area contributed by atoms with Crippen LogP contribution in [0.3, 0.4) is 0 Å². The Hall–Kier alpha value is -2.38. The number of carbonyl (C=O) groups is 2. The van der Waals surface area contributed by atoms with E-state index in [1.54, 1.807) is 0 Å². The van der Waals surface area contributed by atoms with Gasteiger partial charge in [0.1, 0.15) is 0 Å². The van der Waals surface area contributed by atoms with Gasteiger partial charge in [0.05, 0.1) is 11.2 Å². The van der Waals surface area contributed by atoms with Crippen LogP contribution in [0.4, 0.5) is 5.69 Å². The van der Waals surface area contributed by atoms with Crippen LogP contribution in [0.1, 0.15) is 39.5 Å². The maximum atomic E-state index is 9.10. The molecular formula is C21H30ClN3O4. The smallest absolute Gasteiger partial charge is 0.414 e. The average Bonchev–Trinajstić information content (AvgIpc) is 2.70. The second-order valence-corrected chi connectivity index (χ2v) is 6.94. The molecule has 0 unspecified atom stereocenters. The highest BCUT2D eigenvalue weighted by molar-refractivity contribution is 6.31. The van der Waals surface area contributed by atoms with Gasteiger partial charge in [-0.1, -0.05) is 44.4 Å². The maximum absolute atomic E-state index is 9.10. The summed E-state index contributed by atoms with van der Waals surface area (Å²) in [5, 5.41) is 20.1. The Bertz CT molecular complexity index is 770. The van der Waals surface area contributed by atoms with Crippen LogP contribution in [0.5, 0.6) is 0 Å². The number of aromatic nitrogens is 1. The molecule has 8 heteroatoms. The largest absolute Gasteiger partial charge is 0.473 e. The Labute approximate surface area is 176 Å². The lowest BCUT2D eigenvalue weighted by Crippen LogP contribution is -2.23. The van der Waals surface area contributed by atoms with Gasteiger partial charge in [0.2, 0.25) is 0 Å². The molecule has 2 aromatic rings. The normalized spacial score (nSPS) is 10.5. The van der Waals surface area contributed by atoms with Crippen molar-refractivity contribution in [3.05, 3.63) is 35.5 Å². The topological polar surface area (TPSA) is 103 Å².